The molecule has 48 heavy (non-hydrogen) atoms. The molecule has 0 spiro atoms. The first-order valence-corrected chi connectivity index (χ1v) is 17.5. The van der Waals surface area contributed by atoms with Gasteiger partial charge in [0.2, 0.25) is 5.88 Å². The minimum Gasteiger partial charge on any atom is -0.476 e. The van der Waals surface area contributed by atoms with Crippen LogP contribution in [-0.4, -0.2) is 67.3 Å². The number of amides is 1. The number of aryl methyl sites for hydroxylation is 2. The van der Waals surface area contributed by atoms with Gasteiger partial charge in [-0.3, -0.25) is 9.48 Å². The highest BCUT2D eigenvalue weighted by atomic mass is 35.5. The first kappa shape index (κ1) is 34.8. The van der Waals surface area contributed by atoms with E-state index < -0.39 is 49.8 Å². The maximum Gasteiger partial charge on any atom is 0.551 e. The Hall–Kier alpha value is -4.51. The predicted octanol–water partition coefficient (Wildman–Crippen LogP) is 3.85. The maximum atomic E-state index is 14.4. The Labute approximate surface area is 281 Å². The largest absolute Gasteiger partial charge is 0.551 e. The zero-order chi connectivity index (χ0) is 34.7. The van der Waals surface area contributed by atoms with E-state index in [9.17, 15) is 26.4 Å². The molecule has 0 radical (unpaired) electrons. The third kappa shape index (κ3) is 7.78. The van der Waals surface area contributed by atoms with Crippen molar-refractivity contribution in [3.63, 3.8) is 0 Å². The fourth-order valence-corrected chi connectivity index (χ4v) is 8.03. The first-order valence-electron chi connectivity index (χ1n) is 14.3. The molecule has 0 saturated heterocycles. The summed E-state index contributed by atoms with van der Waals surface area (Å²) in [5.74, 6) is -1.05. The Morgan fingerprint density at radius 3 is 2.12 bits per heavy atom. The number of aromatic nitrogens is 5. The van der Waals surface area contributed by atoms with Crippen LogP contribution in [0.5, 0.6) is 5.88 Å². The molecule has 0 aliphatic rings. The zero-order valence-electron chi connectivity index (χ0n) is 25.8. The van der Waals surface area contributed by atoms with Crippen molar-refractivity contribution in [3.8, 4) is 11.7 Å². The van der Waals surface area contributed by atoms with Crippen molar-refractivity contribution >= 4 is 46.9 Å². The van der Waals surface area contributed by atoms with Crippen LogP contribution in [0.25, 0.3) is 5.82 Å². The van der Waals surface area contributed by atoms with E-state index >= 15 is 0 Å². The van der Waals surface area contributed by atoms with Gasteiger partial charge in [-0.2, -0.15) is 18.3 Å². The molecule has 0 saturated carbocycles. The van der Waals surface area contributed by atoms with Crippen molar-refractivity contribution in [2.45, 2.75) is 24.9 Å². The molecule has 1 amide bonds. The van der Waals surface area contributed by atoms with Crippen molar-refractivity contribution < 1.29 is 35.5 Å². The van der Waals surface area contributed by atoms with E-state index in [1.165, 1.54) is 53.9 Å². The Morgan fingerprint density at radius 1 is 0.958 bits per heavy atom. The lowest BCUT2D eigenvalue weighted by Gasteiger charge is -2.29. The van der Waals surface area contributed by atoms with Gasteiger partial charge in [-0.25, -0.2) is 27.2 Å². The number of carbonyl (C=O) groups excluding carboxylic acids is 1. The van der Waals surface area contributed by atoms with E-state index in [2.05, 4.69) is 15.2 Å². The summed E-state index contributed by atoms with van der Waals surface area (Å²) in [4.78, 5) is 16.7. The molecule has 5 rings (SSSR count). The summed E-state index contributed by atoms with van der Waals surface area (Å²) in [6.07, 6.45) is -2.04. The molecule has 0 fully saturated rings. The second-order valence-electron chi connectivity index (χ2n) is 11.0. The molecule has 0 aliphatic heterocycles. The normalized spacial score (nSPS) is 13.1. The molecular weight excluding hydrogens is 689 g/mol. The number of rotatable bonds is 12. The number of halogens is 4. The Kier molecular flexibility index (Phi) is 10.1. The number of alkyl halides is 3. The molecule has 0 bridgehead atoms. The average Bonchev–Trinajstić information content (AvgIpc) is 3.66. The van der Waals surface area contributed by atoms with Crippen LogP contribution in [0, 0.1) is 12.3 Å². The van der Waals surface area contributed by atoms with E-state index in [0.29, 0.717) is 0 Å². The number of nitrogens with one attached hydrogen (secondary N) is 1. The zero-order valence-corrected chi connectivity index (χ0v) is 28.3. The second-order valence-corrected chi connectivity index (χ2v) is 15.1. The van der Waals surface area contributed by atoms with Gasteiger partial charge in [-0.05, 0) is 50.2 Å². The summed E-state index contributed by atoms with van der Waals surface area (Å²) in [6.45, 7) is 1.06. The molecule has 3 aromatic heterocycles. The van der Waals surface area contributed by atoms with Crippen LogP contribution in [0.3, 0.4) is 0 Å². The average molecular weight is 718 g/mol. The summed E-state index contributed by atoms with van der Waals surface area (Å²) in [6, 6.07) is 22.2. The van der Waals surface area contributed by atoms with Crippen LogP contribution in [0.1, 0.15) is 23.0 Å². The summed E-state index contributed by atoms with van der Waals surface area (Å²) >= 11 is 6.22. The fraction of sp³-hybridized carbons (Fsp3) is 0.226. The Bertz CT molecular complexity index is 1970. The molecule has 1 atom stereocenters. The van der Waals surface area contributed by atoms with Gasteiger partial charge in [0.15, 0.2) is 5.82 Å². The number of benzene rings is 2. The molecule has 2 aromatic carbocycles. The minimum atomic E-state index is -4.68. The third-order valence-electron chi connectivity index (χ3n) is 7.19. The molecular formula is C31H29ClF3N6O5SSi+. The predicted molar refractivity (Wildman–Crippen MR) is 172 cm³/mol. The van der Waals surface area contributed by atoms with Crippen molar-refractivity contribution in [1.29, 1.82) is 0 Å². The minimum absolute atomic E-state index is 0.0947. The first-order chi connectivity index (χ1) is 22.7. The maximum absolute atomic E-state index is 14.4. The van der Waals surface area contributed by atoms with E-state index in [4.69, 9.17) is 20.8 Å². The molecule has 11 nitrogen and oxygen atoms in total. The number of sulfonamides is 1. The van der Waals surface area contributed by atoms with Gasteiger partial charge in [-0.15, -0.1) is 5.10 Å². The van der Waals surface area contributed by atoms with Gasteiger partial charge >= 0.3 is 15.2 Å². The lowest BCUT2D eigenvalue weighted by molar-refractivity contribution is -0.235. The highest BCUT2D eigenvalue weighted by Gasteiger charge is 2.54. The van der Waals surface area contributed by atoms with Crippen LogP contribution in [0.15, 0.2) is 96.2 Å². The molecule has 250 valence electrons. The standard InChI is InChI=1S/C31H28ClF3N6O5SSi/c1-21-25(18-40(3)37-21)47(43,44)39-29(42)24-14-15-26(36-28(24)32)41-17-16-27(38-41)45-19-30(2,31(33,34)35)20-46-48(22-10-6-4-7-11-22)23-12-8-5-9-13-23/h4-18H,19-20H2,1-3H3/p+1. The summed E-state index contributed by atoms with van der Waals surface area (Å²) < 4.78 is 84.7. The number of ether oxygens (including phenoxy) is 1. The van der Waals surface area contributed by atoms with Crippen LogP contribution >= 0.6 is 11.6 Å². The molecule has 3 heterocycles. The van der Waals surface area contributed by atoms with Crippen molar-refractivity contribution in [2.24, 2.45) is 12.5 Å². The van der Waals surface area contributed by atoms with Gasteiger partial charge < -0.3 is 4.74 Å². The van der Waals surface area contributed by atoms with Crippen molar-refractivity contribution in [1.82, 2.24) is 29.3 Å². The van der Waals surface area contributed by atoms with Gasteiger partial charge in [0, 0.05) is 25.5 Å². The van der Waals surface area contributed by atoms with Gasteiger partial charge in [0.05, 0.1) is 11.3 Å². The number of carbonyl (C=O) groups is 1. The molecule has 1 unspecified atom stereocenters. The number of pyridine rings is 1. The monoisotopic (exact) mass is 717 g/mol. The van der Waals surface area contributed by atoms with Crippen LogP contribution in [0.4, 0.5) is 13.2 Å². The van der Waals surface area contributed by atoms with E-state index in [1.54, 1.807) is 0 Å². The Balaban J connectivity index is 1.27. The highest BCUT2D eigenvalue weighted by Crippen LogP contribution is 2.39. The van der Waals surface area contributed by atoms with Gasteiger partial charge in [-0.1, -0.05) is 48.0 Å². The lowest BCUT2D eigenvalue weighted by Crippen LogP contribution is -2.51. The summed E-state index contributed by atoms with van der Waals surface area (Å²) in [5.41, 5.74) is -2.43. The van der Waals surface area contributed by atoms with Crippen molar-refractivity contribution in [3.05, 3.63) is 108 Å². The molecule has 0 aliphatic carbocycles. The molecule has 5 aromatic rings. The molecule has 1 N–H and O–H groups in total. The number of hydrogen-bond acceptors (Lipinski definition) is 8. The smallest absolute Gasteiger partial charge is 0.476 e. The Morgan fingerprint density at radius 2 is 1.58 bits per heavy atom. The number of hydrogen-bond donors (Lipinski definition) is 1. The SMILES string of the molecule is Cc1nn(C)cc1S(=O)(=O)NC(=O)c1ccc(-n2ccc(OCC(C)(CO[Si+](c3ccccc3)c3ccccc3)C(F)(F)F)n2)nc1Cl. The third-order valence-corrected chi connectivity index (χ3v) is 11.1. The van der Waals surface area contributed by atoms with Crippen LogP contribution < -0.4 is 19.8 Å². The van der Waals surface area contributed by atoms with Crippen LogP contribution in [-0.2, 0) is 21.5 Å². The quantitative estimate of drug-likeness (QED) is 0.152. The topological polar surface area (TPSA) is 130 Å². The lowest BCUT2D eigenvalue weighted by atomic mass is 9.92. The number of nitrogens with zero attached hydrogens (tertiary/aromatic N) is 5. The van der Waals surface area contributed by atoms with Crippen LogP contribution in [0.2, 0.25) is 5.15 Å². The van der Waals surface area contributed by atoms with E-state index in [-0.39, 0.29) is 33.0 Å². The van der Waals surface area contributed by atoms with Gasteiger partial charge in [0.1, 0.15) is 39.1 Å². The van der Waals surface area contributed by atoms with E-state index in [1.807, 2.05) is 65.4 Å². The van der Waals surface area contributed by atoms with Crippen molar-refractivity contribution in [2.75, 3.05) is 13.2 Å². The summed E-state index contributed by atoms with van der Waals surface area (Å²) in [7, 11) is -4.72. The van der Waals surface area contributed by atoms with E-state index in [0.717, 1.165) is 17.3 Å². The second kappa shape index (κ2) is 13.9. The highest BCUT2D eigenvalue weighted by molar-refractivity contribution is 7.90. The molecule has 17 heteroatoms. The van der Waals surface area contributed by atoms with Gasteiger partial charge in [0.25, 0.3) is 15.9 Å². The fourth-order valence-electron chi connectivity index (χ4n) is 4.49. The summed E-state index contributed by atoms with van der Waals surface area (Å²) in [5, 5.41) is 9.39.